The molecular formula is C17H23N3O2. The van der Waals surface area contributed by atoms with Crippen molar-refractivity contribution in [2.45, 2.75) is 40.2 Å². The molecule has 1 aromatic heterocycles. The van der Waals surface area contributed by atoms with Crippen LogP contribution in [0.15, 0.2) is 30.3 Å². The van der Waals surface area contributed by atoms with Gasteiger partial charge in [0.1, 0.15) is 0 Å². The zero-order valence-electron chi connectivity index (χ0n) is 13.5. The lowest BCUT2D eigenvalue weighted by molar-refractivity contribution is -0.118. The lowest BCUT2D eigenvalue weighted by atomic mass is 10.0. The lowest BCUT2D eigenvalue weighted by Gasteiger charge is -2.16. The highest BCUT2D eigenvalue weighted by Crippen LogP contribution is 2.22. The van der Waals surface area contributed by atoms with Crippen molar-refractivity contribution in [1.82, 2.24) is 9.78 Å². The summed E-state index contributed by atoms with van der Waals surface area (Å²) in [5.74, 6) is -0.146. The molecule has 2 aromatic rings. The molecule has 5 nitrogen and oxygen atoms in total. The largest absolute Gasteiger partial charge is 0.392 e. The maximum absolute atomic E-state index is 12.1. The van der Waals surface area contributed by atoms with Crippen LogP contribution in [0.5, 0.6) is 0 Å². The van der Waals surface area contributed by atoms with Crippen LogP contribution in [0.4, 0.5) is 5.69 Å². The molecule has 118 valence electrons. The molecule has 1 aromatic carbocycles. The maximum Gasteiger partial charge on any atom is 0.227 e. The van der Waals surface area contributed by atoms with Crippen LogP contribution in [0.25, 0.3) is 5.69 Å². The second-order valence-corrected chi connectivity index (χ2v) is 5.92. The van der Waals surface area contributed by atoms with Gasteiger partial charge < -0.3 is 10.4 Å². The van der Waals surface area contributed by atoms with Crippen molar-refractivity contribution in [2.24, 2.45) is 5.92 Å². The molecule has 0 radical (unpaired) electrons. The predicted molar refractivity (Wildman–Crippen MR) is 87.1 cm³/mol. The Morgan fingerprint density at radius 2 is 2.00 bits per heavy atom. The molecule has 5 heteroatoms. The van der Waals surface area contributed by atoms with Gasteiger partial charge in [0.2, 0.25) is 5.91 Å². The van der Waals surface area contributed by atoms with Crippen molar-refractivity contribution in [3.8, 4) is 5.69 Å². The van der Waals surface area contributed by atoms with Crippen LogP contribution < -0.4 is 5.32 Å². The Balaban J connectivity index is 2.22. The number of rotatable bonds is 5. The fraction of sp³-hybridized carbons (Fsp3) is 0.412. The number of hydrogen-bond donors (Lipinski definition) is 2. The number of amides is 1. The molecule has 0 saturated carbocycles. The second-order valence-electron chi connectivity index (χ2n) is 5.92. The Morgan fingerprint density at radius 1 is 1.32 bits per heavy atom. The molecule has 1 heterocycles. The van der Waals surface area contributed by atoms with E-state index in [1.807, 2.05) is 62.7 Å². The number of nitrogens with zero attached hydrogens (tertiary/aromatic N) is 2. The minimum Gasteiger partial charge on any atom is -0.392 e. The summed E-state index contributed by atoms with van der Waals surface area (Å²) < 4.78 is 1.81. The van der Waals surface area contributed by atoms with Gasteiger partial charge in [-0.05, 0) is 38.0 Å². The topological polar surface area (TPSA) is 67.2 Å². The fourth-order valence-electron chi connectivity index (χ4n) is 2.26. The van der Waals surface area contributed by atoms with E-state index in [4.69, 9.17) is 0 Å². The van der Waals surface area contributed by atoms with Crippen LogP contribution in [-0.4, -0.2) is 26.9 Å². The number of carbonyl (C=O) groups excluding carboxylic acids is 1. The van der Waals surface area contributed by atoms with Gasteiger partial charge >= 0.3 is 0 Å². The Kier molecular flexibility index (Phi) is 4.98. The number of nitrogens with one attached hydrogen (secondary N) is 1. The van der Waals surface area contributed by atoms with Gasteiger partial charge in [0.25, 0.3) is 0 Å². The quantitative estimate of drug-likeness (QED) is 0.892. The summed E-state index contributed by atoms with van der Waals surface area (Å²) in [6, 6.07) is 9.51. The van der Waals surface area contributed by atoms with Gasteiger partial charge in [0.15, 0.2) is 0 Å². The van der Waals surface area contributed by atoms with E-state index < -0.39 is 6.10 Å². The summed E-state index contributed by atoms with van der Waals surface area (Å²) >= 11 is 0. The van der Waals surface area contributed by atoms with Crippen molar-refractivity contribution in [2.75, 3.05) is 5.32 Å². The molecular weight excluding hydrogens is 278 g/mol. The molecule has 0 aliphatic carbocycles. The summed E-state index contributed by atoms with van der Waals surface area (Å²) in [5, 5.41) is 17.2. The fourth-order valence-corrected chi connectivity index (χ4v) is 2.26. The highest BCUT2D eigenvalue weighted by molar-refractivity contribution is 5.93. The molecule has 1 unspecified atom stereocenters. The van der Waals surface area contributed by atoms with Crippen LogP contribution in [0, 0.1) is 19.8 Å². The van der Waals surface area contributed by atoms with Crippen LogP contribution in [0.3, 0.4) is 0 Å². The zero-order valence-corrected chi connectivity index (χ0v) is 13.5. The van der Waals surface area contributed by atoms with Crippen molar-refractivity contribution in [1.29, 1.82) is 0 Å². The molecule has 1 atom stereocenters. The van der Waals surface area contributed by atoms with E-state index in [0.717, 1.165) is 17.1 Å². The molecule has 0 aliphatic rings. The molecule has 0 fully saturated rings. The number of aryl methyl sites for hydroxylation is 2. The number of aromatic nitrogens is 2. The number of anilines is 1. The van der Waals surface area contributed by atoms with Crippen molar-refractivity contribution < 1.29 is 9.90 Å². The van der Waals surface area contributed by atoms with Crippen LogP contribution in [-0.2, 0) is 4.79 Å². The Labute approximate surface area is 131 Å². The van der Waals surface area contributed by atoms with E-state index in [2.05, 4.69) is 10.4 Å². The Morgan fingerprint density at radius 3 is 2.59 bits per heavy atom. The molecule has 2 rings (SSSR count). The summed E-state index contributed by atoms with van der Waals surface area (Å²) in [6.45, 7) is 7.69. The summed E-state index contributed by atoms with van der Waals surface area (Å²) in [7, 11) is 0. The van der Waals surface area contributed by atoms with Crippen molar-refractivity contribution in [3.05, 3.63) is 41.7 Å². The van der Waals surface area contributed by atoms with Crippen LogP contribution >= 0.6 is 0 Å². The monoisotopic (exact) mass is 301 g/mol. The van der Waals surface area contributed by atoms with E-state index in [0.29, 0.717) is 5.69 Å². The smallest absolute Gasteiger partial charge is 0.227 e. The first-order chi connectivity index (χ1) is 10.4. The van der Waals surface area contributed by atoms with Gasteiger partial charge in [-0.2, -0.15) is 5.10 Å². The number of benzene rings is 1. The molecule has 1 amide bonds. The zero-order chi connectivity index (χ0) is 16.3. The first-order valence-corrected chi connectivity index (χ1v) is 7.49. The summed E-state index contributed by atoms with van der Waals surface area (Å²) in [4.78, 5) is 12.1. The number of para-hydroxylation sites is 2. The second kappa shape index (κ2) is 6.75. The molecule has 0 bridgehead atoms. The third kappa shape index (κ3) is 3.74. The normalized spacial score (nSPS) is 12.5. The average molecular weight is 301 g/mol. The minimum atomic E-state index is -0.638. The number of aliphatic hydroxyl groups excluding tert-OH is 1. The van der Waals surface area contributed by atoms with E-state index in [1.165, 1.54) is 0 Å². The van der Waals surface area contributed by atoms with Gasteiger partial charge in [-0.25, -0.2) is 4.68 Å². The highest BCUT2D eigenvalue weighted by Gasteiger charge is 2.16. The molecule has 0 spiro atoms. The first kappa shape index (κ1) is 16.2. The molecule has 0 saturated heterocycles. The SMILES string of the molecule is Cc1cc(C)n(-c2ccccc2NC(=O)CC(O)C(C)C)n1. The Bertz CT molecular complexity index is 662. The maximum atomic E-state index is 12.1. The van der Waals surface area contributed by atoms with Crippen molar-refractivity contribution in [3.63, 3.8) is 0 Å². The summed E-state index contributed by atoms with van der Waals surface area (Å²) in [6.07, 6.45) is -0.552. The third-order valence-electron chi connectivity index (χ3n) is 3.58. The number of carbonyl (C=O) groups is 1. The molecule has 2 N–H and O–H groups in total. The van der Waals surface area contributed by atoms with Gasteiger partial charge in [-0.1, -0.05) is 26.0 Å². The third-order valence-corrected chi connectivity index (χ3v) is 3.58. The molecule has 0 aliphatic heterocycles. The van der Waals surface area contributed by atoms with Crippen molar-refractivity contribution >= 4 is 11.6 Å². The molecule has 22 heavy (non-hydrogen) atoms. The summed E-state index contributed by atoms with van der Waals surface area (Å²) in [5.41, 5.74) is 3.44. The van der Waals surface area contributed by atoms with E-state index in [9.17, 15) is 9.90 Å². The standard InChI is InChI=1S/C17H23N3O2/c1-11(2)16(21)10-17(22)18-14-7-5-6-8-15(14)20-13(4)9-12(3)19-20/h5-9,11,16,21H,10H2,1-4H3,(H,18,22). The number of hydrogen-bond acceptors (Lipinski definition) is 3. The predicted octanol–water partition coefficient (Wildman–Crippen LogP) is 2.83. The van der Waals surface area contributed by atoms with E-state index in [-0.39, 0.29) is 18.2 Å². The first-order valence-electron chi connectivity index (χ1n) is 7.49. The van der Waals surface area contributed by atoms with Gasteiger partial charge in [-0.15, -0.1) is 0 Å². The minimum absolute atomic E-state index is 0.0528. The van der Waals surface area contributed by atoms with Crippen LogP contribution in [0.1, 0.15) is 31.7 Å². The lowest BCUT2D eigenvalue weighted by Crippen LogP contribution is -2.24. The van der Waals surface area contributed by atoms with Gasteiger partial charge in [-0.3, -0.25) is 4.79 Å². The van der Waals surface area contributed by atoms with E-state index in [1.54, 1.807) is 0 Å². The van der Waals surface area contributed by atoms with Gasteiger partial charge in [0.05, 0.1) is 29.6 Å². The van der Waals surface area contributed by atoms with Gasteiger partial charge in [0, 0.05) is 5.69 Å². The Hall–Kier alpha value is -2.14. The number of aliphatic hydroxyl groups is 1. The van der Waals surface area contributed by atoms with E-state index >= 15 is 0 Å². The average Bonchev–Trinajstić information content (AvgIpc) is 2.78. The highest BCUT2D eigenvalue weighted by atomic mass is 16.3. The van der Waals surface area contributed by atoms with Crippen LogP contribution in [0.2, 0.25) is 0 Å².